The molecule has 3 N–H and O–H groups in total. The van der Waals surface area contributed by atoms with Gasteiger partial charge in [0.1, 0.15) is 0 Å². The van der Waals surface area contributed by atoms with Crippen molar-refractivity contribution in [3.63, 3.8) is 0 Å². The van der Waals surface area contributed by atoms with Crippen molar-refractivity contribution in [1.29, 1.82) is 0 Å². The molecular formula is H3FeO4PS3. The van der Waals surface area contributed by atoms with Gasteiger partial charge in [-0.3, -0.25) is 0 Å². The zero-order valence-corrected chi connectivity index (χ0v) is 8.22. The molecule has 9 heavy (non-hydrogen) atoms. The molecule has 58 valence electrons. The third-order valence-corrected chi connectivity index (χ3v) is 0. The van der Waals surface area contributed by atoms with Crippen molar-refractivity contribution >= 4 is 39.5 Å². The summed E-state index contributed by atoms with van der Waals surface area (Å²) >= 11 is 0. The molecule has 0 rings (SSSR count). The molecule has 0 spiro atoms. The van der Waals surface area contributed by atoms with Crippen LogP contribution in [-0.4, -0.2) is 14.7 Å². The van der Waals surface area contributed by atoms with Crippen LogP contribution < -0.4 is 0 Å². The minimum absolute atomic E-state index is 1.00. The van der Waals surface area contributed by atoms with E-state index in [1.165, 1.54) is 0 Å². The van der Waals surface area contributed by atoms with Gasteiger partial charge in [-0.05, 0) is 0 Å². The summed E-state index contributed by atoms with van der Waals surface area (Å²) in [6.45, 7) is 0. The van der Waals surface area contributed by atoms with Crippen molar-refractivity contribution in [2.75, 3.05) is 0 Å². The molecule has 0 unspecified atom stereocenters. The summed E-state index contributed by atoms with van der Waals surface area (Å²) in [6.07, 6.45) is 0. The van der Waals surface area contributed by atoms with E-state index in [4.69, 9.17) is 19.2 Å². The first-order valence-electron chi connectivity index (χ1n) is 1.22. The Balaban J connectivity index is 0. The maximum absolute atomic E-state index is 8.88. The average molecular weight is 250 g/mol. The molecule has 0 saturated heterocycles. The van der Waals surface area contributed by atoms with Crippen molar-refractivity contribution in [3.05, 3.63) is 0 Å². The standard InChI is InChI=1S/Fe.H3O4P.3S/c;1-5(2,3)4;;;/h;(H3,1,2,3,4);;;. The molecule has 0 aliphatic rings. The molecule has 0 aromatic carbocycles. The van der Waals surface area contributed by atoms with E-state index in [-0.39, 0.29) is 0 Å². The van der Waals surface area contributed by atoms with Crippen LogP contribution in [0.5, 0.6) is 0 Å². The van der Waals surface area contributed by atoms with Gasteiger partial charge < -0.3 is 14.7 Å². The Morgan fingerprint density at radius 1 is 1.11 bits per heavy atom. The van der Waals surface area contributed by atoms with Crippen LogP contribution in [0.25, 0.3) is 0 Å². The van der Waals surface area contributed by atoms with E-state index in [1.54, 1.807) is 0 Å². The molecule has 0 fully saturated rings. The fourth-order valence-corrected chi connectivity index (χ4v) is 0. The van der Waals surface area contributed by atoms with Crippen LogP contribution >= 0.6 is 39.5 Å². The van der Waals surface area contributed by atoms with Crippen LogP contribution in [0.15, 0.2) is 0 Å². The Labute approximate surface area is 67.6 Å². The third-order valence-electron chi connectivity index (χ3n) is 0. The Morgan fingerprint density at radius 2 is 1.11 bits per heavy atom. The van der Waals surface area contributed by atoms with Gasteiger partial charge in [-0.25, -0.2) is 4.57 Å². The second kappa shape index (κ2) is 6.03. The topological polar surface area (TPSA) is 77.8 Å². The first-order valence-corrected chi connectivity index (χ1v) is 7.70. The second-order valence-electron chi connectivity index (χ2n) is 0.690. The number of hydrogen-bond donors (Lipinski definition) is 3. The predicted octanol–water partition coefficient (Wildman–Crippen LogP) is 1.01. The summed E-state index contributed by atoms with van der Waals surface area (Å²) in [5.41, 5.74) is 0. The fraction of sp³-hybridized carbons (Fsp3) is 0. The molecule has 0 radical (unpaired) electrons. The van der Waals surface area contributed by atoms with E-state index < -0.39 is 16.8 Å². The normalized spacial score (nSPS) is 10.2. The van der Waals surface area contributed by atoms with Crippen LogP contribution in [0.2, 0.25) is 0 Å². The SMILES string of the molecule is O=P(O)(O)O.[S]=[Fe](=[S])=[S]. The molecule has 0 heterocycles. The first-order chi connectivity index (χ1) is 3.73. The molecule has 0 aromatic heterocycles. The molecule has 4 nitrogen and oxygen atoms in total. The van der Waals surface area contributed by atoms with Crippen molar-refractivity contribution < 1.29 is 28.3 Å². The van der Waals surface area contributed by atoms with E-state index in [9.17, 15) is 0 Å². The van der Waals surface area contributed by atoms with Gasteiger partial charge in [-0.15, -0.1) is 0 Å². The van der Waals surface area contributed by atoms with Gasteiger partial charge >= 0.3 is 48.5 Å². The molecular weight excluding hydrogens is 247 g/mol. The first kappa shape index (κ1) is 12.9. The molecule has 0 aromatic rings. The number of phosphoric acid groups is 1. The van der Waals surface area contributed by atoms with Gasteiger partial charge in [0.25, 0.3) is 0 Å². The van der Waals surface area contributed by atoms with E-state index in [1.807, 2.05) is 0 Å². The second-order valence-corrected chi connectivity index (χ2v) is 8.10. The van der Waals surface area contributed by atoms with Crippen LogP contribution in [0, 0.1) is 0 Å². The van der Waals surface area contributed by atoms with Crippen LogP contribution in [0.3, 0.4) is 0 Å². The van der Waals surface area contributed by atoms with Gasteiger partial charge in [0, 0.05) is 0 Å². The summed E-state index contributed by atoms with van der Waals surface area (Å²) < 4.78 is 8.88. The van der Waals surface area contributed by atoms with Gasteiger partial charge in [-0.1, -0.05) is 0 Å². The van der Waals surface area contributed by atoms with Crippen LogP contribution in [-0.2, 0) is 13.6 Å². The van der Waals surface area contributed by atoms with Gasteiger partial charge in [0.05, 0.1) is 0 Å². The Bertz CT molecular complexity index is 180. The van der Waals surface area contributed by atoms with E-state index in [0.717, 1.165) is 0 Å². The quantitative estimate of drug-likeness (QED) is 0.437. The van der Waals surface area contributed by atoms with E-state index in [0.29, 0.717) is 0 Å². The Hall–Kier alpha value is 1.29. The van der Waals surface area contributed by atoms with Crippen molar-refractivity contribution in [2.24, 2.45) is 0 Å². The Morgan fingerprint density at radius 3 is 1.11 bits per heavy atom. The predicted molar refractivity (Wildman–Crippen MR) is 37.0 cm³/mol. The molecule has 9 heteroatoms. The molecule has 0 bridgehead atoms. The van der Waals surface area contributed by atoms with Crippen molar-refractivity contribution in [3.8, 4) is 0 Å². The van der Waals surface area contributed by atoms with E-state index in [2.05, 4.69) is 31.7 Å². The molecule has 0 saturated carbocycles. The van der Waals surface area contributed by atoms with Gasteiger partial charge in [0.15, 0.2) is 0 Å². The van der Waals surface area contributed by atoms with Crippen molar-refractivity contribution in [1.82, 2.24) is 0 Å². The summed E-state index contributed by atoms with van der Waals surface area (Å²) in [5, 5.41) is 0. The summed E-state index contributed by atoms with van der Waals surface area (Å²) in [7, 11) is 7.36. The fourth-order valence-electron chi connectivity index (χ4n) is 0. The molecule has 0 aliphatic carbocycles. The summed E-state index contributed by atoms with van der Waals surface area (Å²) in [5.74, 6) is 0. The number of hydrogen-bond acceptors (Lipinski definition) is 4. The molecule has 0 aliphatic heterocycles. The monoisotopic (exact) mass is 250 g/mol. The third kappa shape index (κ3) is 297. The van der Waals surface area contributed by atoms with Gasteiger partial charge in [-0.2, -0.15) is 0 Å². The summed E-state index contributed by atoms with van der Waals surface area (Å²) in [6, 6.07) is 0. The molecule has 0 atom stereocenters. The number of rotatable bonds is 0. The average Bonchev–Trinajstić information content (AvgIpc) is 1.19. The van der Waals surface area contributed by atoms with Gasteiger partial charge in [0.2, 0.25) is 0 Å². The van der Waals surface area contributed by atoms with E-state index >= 15 is 0 Å². The zero-order chi connectivity index (χ0) is 8.08. The van der Waals surface area contributed by atoms with Crippen molar-refractivity contribution in [2.45, 2.75) is 0 Å². The van der Waals surface area contributed by atoms with Crippen LogP contribution in [0.1, 0.15) is 0 Å². The molecule has 0 amide bonds. The zero-order valence-electron chi connectivity index (χ0n) is 3.78. The van der Waals surface area contributed by atoms with Crippen LogP contribution in [0.4, 0.5) is 0 Å². The Kier molecular flexibility index (Phi) is 8.66. The minimum atomic E-state index is -4.64. The maximum atomic E-state index is 8.88. The summed E-state index contributed by atoms with van der Waals surface area (Å²) in [4.78, 5) is 21.6.